The maximum atomic E-state index is 13.4. The number of rotatable bonds is 3. The molecule has 0 radical (unpaired) electrons. The monoisotopic (exact) mass is 439 g/mol. The molecule has 2 atom stereocenters. The third kappa shape index (κ3) is 3.22. The molecule has 0 fully saturated rings. The van der Waals surface area contributed by atoms with Crippen molar-refractivity contribution in [2.24, 2.45) is 11.3 Å². The molecule has 1 aromatic carbocycles. The number of benzene rings is 1. The standard InChI is InChI=1S/C24H25NO5S/c1-5-28-23(27)21-12(2)18-19(13-6-7-16-17(8-13)30-11-29-16)20-14(25-22(18)31-21)9-24(3,4)10-15(20)26/h6-9,19-20,25H,5,10-11H2,1-4H3/t19-,20+/m0/s1. The summed E-state index contributed by atoms with van der Waals surface area (Å²) in [5.41, 5.74) is 3.52. The Kier molecular flexibility index (Phi) is 4.62. The van der Waals surface area contributed by atoms with Gasteiger partial charge in [0.05, 0.1) is 17.5 Å². The molecule has 2 aliphatic heterocycles. The van der Waals surface area contributed by atoms with Gasteiger partial charge in [0.2, 0.25) is 6.79 Å². The van der Waals surface area contributed by atoms with Gasteiger partial charge in [-0.3, -0.25) is 4.79 Å². The highest BCUT2D eigenvalue weighted by Crippen LogP contribution is 2.54. The lowest BCUT2D eigenvalue weighted by Crippen LogP contribution is -2.38. The molecule has 0 amide bonds. The molecule has 7 heteroatoms. The second-order valence-electron chi connectivity index (χ2n) is 8.94. The Morgan fingerprint density at radius 1 is 1.26 bits per heavy atom. The topological polar surface area (TPSA) is 73.9 Å². The van der Waals surface area contributed by atoms with Crippen LogP contribution in [0.3, 0.4) is 0 Å². The number of thiophene rings is 1. The summed E-state index contributed by atoms with van der Waals surface area (Å²) in [7, 11) is 0. The lowest BCUT2D eigenvalue weighted by Gasteiger charge is -2.40. The zero-order valence-corrected chi connectivity index (χ0v) is 18.9. The first kappa shape index (κ1) is 20.1. The largest absolute Gasteiger partial charge is 0.462 e. The molecular formula is C24H25NO5S. The SMILES string of the molecule is CCOC(=O)c1sc2c(c1C)[C@H](c1ccc3c(c1)OCO3)[C@H]1C(=O)CC(C)(C)C=C1N2. The Labute approximate surface area is 185 Å². The normalized spacial score (nSPS) is 22.8. The summed E-state index contributed by atoms with van der Waals surface area (Å²) in [4.78, 5) is 26.6. The molecule has 0 saturated heterocycles. The van der Waals surface area contributed by atoms with E-state index in [0.29, 0.717) is 29.4 Å². The number of hydrogen-bond acceptors (Lipinski definition) is 7. The molecule has 2 aromatic rings. The number of ketones is 1. The molecule has 3 aliphatic rings. The van der Waals surface area contributed by atoms with Crippen molar-refractivity contribution in [3.8, 4) is 11.5 Å². The van der Waals surface area contributed by atoms with Crippen LogP contribution < -0.4 is 14.8 Å². The van der Waals surface area contributed by atoms with Gasteiger partial charge in [-0.15, -0.1) is 11.3 Å². The van der Waals surface area contributed by atoms with E-state index in [9.17, 15) is 9.59 Å². The lowest BCUT2D eigenvalue weighted by atomic mass is 9.67. The van der Waals surface area contributed by atoms with Gasteiger partial charge in [0.15, 0.2) is 11.5 Å². The second-order valence-corrected chi connectivity index (χ2v) is 9.96. The first-order valence-corrected chi connectivity index (χ1v) is 11.3. The van der Waals surface area contributed by atoms with Crippen molar-refractivity contribution in [1.82, 2.24) is 0 Å². The molecule has 0 bridgehead atoms. The van der Waals surface area contributed by atoms with E-state index in [1.807, 2.05) is 25.1 Å². The highest BCUT2D eigenvalue weighted by Gasteiger charge is 2.46. The van der Waals surface area contributed by atoms with Crippen LogP contribution in [0.4, 0.5) is 5.00 Å². The van der Waals surface area contributed by atoms with E-state index >= 15 is 0 Å². The van der Waals surface area contributed by atoms with Gasteiger partial charge in [-0.1, -0.05) is 26.0 Å². The Hall–Kier alpha value is -2.80. The fraction of sp³-hybridized carbons (Fsp3) is 0.417. The van der Waals surface area contributed by atoms with Crippen molar-refractivity contribution < 1.29 is 23.8 Å². The first-order valence-electron chi connectivity index (χ1n) is 10.5. The number of fused-ring (bicyclic) bond motifs is 3. The number of ether oxygens (including phenoxy) is 3. The van der Waals surface area contributed by atoms with E-state index in [1.165, 1.54) is 11.3 Å². The number of allylic oxidation sites excluding steroid dienone is 2. The Bertz CT molecular complexity index is 1130. The van der Waals surface area contributed by atoms with E-state index in [4.69, 9.17) is 14.2 Å². The highest BCUT2D eigenvalue weighted by atomic mass is 32.1. The van der Waals surface area contributed by atoms with Gasteiger partial charge in [0.1, 0.15) is 10.7 Å². The second kappa shape index (κ2) is 7.12. The third-order valence-corrected chi connectivity index (χ3v) is 7.37. The van der Waals surface area contributed by atoms with Crippen LogP contribution in [0.5, 0.6) is 11.5 Å². The first-order chi connectivity index (χ1) is 14.8. The van der Waals surface area contributed by atoms with E-state index in [2.05, 4.69) is 25.2 Å². The van der Waals surface area contributed by atoms with Gasteiger partial charge < -0.3 is 19.5 Å². The summed E-state index contributed by atoms with van der Waals surface area (Å²) < 4.78 is 16.4. The molecule has 1 aliphatic carbocycles. The molecule has 3 heterocycles. The number of esters is 1. The summed E-state index contributed by atoms with van der Waals surface area (Å²) in [6.07, 6.45) is 2.65. The zero-order valence-electron chi connectivity index (χ0n) is 18.0. The van der Waals surface area contributed by atoms with Crippen LogP contribution in [0, 0.1) is 18.3 Å². The summed E-state index contributed by atoms with van der Waals surface area (Å²) >= 11 is 1.40. The number of hydrogen-bond donors (Lipinski definition) is 1. The predicted molar refractivity (Wildman–Crippen MR) is 118 cm³/mol. The predicted octanol–water partition coefficient (Wildman–Crippen LogP) is 5.02. The van der Waals surface area contributed by atoms with Crippen LogP contribution in [-0.4, -0.2) is 25.2 Å². The van der Waals surface area contributed by atoms with Crippen molar-refractivity contribution in [3.05, 3.63) is 51.5 Å². The van der Waals surface area contributed by atoms with Gasteiger partial charge >= 0.3 is 5.97 Å². The van der Waals surface area contributed by atoms with Gasteiger partial charge in [-0.05, 0) is 48.1 Å². The summed E-state index contributed by atoms with van der Waals surface area (Å²) in [5, 5.41) is 4.39. The smallest absolute Gasteiger partial charge is 0.348 e. The highest BCUT2D eigenvalue weighted by molar-refractivity contribution is 7.18. The summed E-state index contributed by atoms with van der Waals surface area (Å²) in [6, 6.07) is 5.86. The molecule has 31 heavy (non-hydrogen) atoms. The number of anilines is 1. The Morgan fingerprint density at radius 2 is 2.03 bits per heavy atom. The molecular weight excluding hydrogens is 414 g/mol. The zero-order chi connectivity index (χ0) is 21.9. The molecule has 0 unspecified atom stereocenters. The molecule has 0 saturated carbocycles. The van der Waals surface area contributed by atoms with Crippen molar-refractivity contribution in [1.29, 1.82) is 0 Å². The summed E-state index contributed by atoms with van der Waals surface area (Å²) in [6.45, 7) is 8.40. The lowest BCUT2D eigenvalue weighted by molar-refractivity contribution is -0.124. The molecule has 0 spiro atoms. The fourth-order valence-electron chi connectivity index (χ4n) is 4.92. The average molecular weight is 440 g/mol. The van der Waals surface area contributed by atoms with Gasteiger partial charge in [0, 0.05) is 18.0 Å². The number of Topliss-reactive ketones (excluding diaryl/α,β-unsaturated/α-hetero) is 1. The van der Waals surface area contributed by atoms with Crippen LogP contribution in [0.15, 0.2) is 30.0 Å². The molecule has 1 aromatic heterocycles. The quantitative estimate of drug-likeness (QED) is 0.677. The van der Waals surface area contributed by atoms with Gasteiger partial charge in [-0.2, -0.15) is 0 Å². The Morgan fingerprint density at radius 3 is 2.81 bits per heavy atom. The van der Waals surface area contributed by atoms with E-state index in [-0.39, 0.29) is 35.8 Å². The van der Waals surface area contributed by atoms with Crippen LogP contribution in [-0.2, 0) is 9.53 Å². The van der Waals surface area contributed by atoms with Crippen molar-refractivity contribution in [2.75, 3.05) is 18.7 Å². The van der Waals surface area contributed by atoms with E-state index < -0.39 is 0 Å². The van der Waals surface area contributed by atoms with Gasteiger partial charge in [0.25, 0.3) is 0 Å². The fourth-order valence-corrected chi connectivity index (χ4v) is 6.09. The third-order valence-electron chi connectivity index (χ3n) is 6.17. The van der Waals surface area contributed by atoms with Crippen molar-refractivity contribution in [3.63, 3.8) is 0 Å². The minimum atomic E-state index is -0.329. The van der Waals surface area contributed by atoms with Crippen LogP contribution in [0.1, 0.15) is 59.5 Å². The number of nitrogens with one attached hydrogen (secondary N) is 1. The average Bonchev–Trinajstić information content (AvgIpc) is 3.29. The minimum Gasteiger partial charge on any atom is -0.462 e. The maximum Gasteiger partial charge on any atom is 0.348 e. The summed E-state index contributed by atoms with van der Waals surface area (Å²) in [5.74, 6) is 0.731. The van der Waals surface area contributed by atoms with Crippen LogP contribution >= 0.6 is 11.3 Å². The molecule has 6 nitrogen and oxygen atoms in total. The molecule has 5 rings (SSSR count). The van der Waals surface area contributed by atoms with Crippen molar-refractivity contribution >= 4 is 28.1 Å². The number of carbonyl (C=O) groups excluding carboxylic acids is 2. The molecule has 1 N–H and O–H groups in total. The van der Waals surface area contributed by atoms with Gasteiger partial charge in [-0.25, -0.2) is 4.79 Å². The minimum absolute atomic E-state index is 0.197. The number of carbonyl (C=O) groups is 2. The van der Waals surface area contributed by atoms with Crippen LogP contribution in [0.25, 0.3) is 0 Å². The van der Waals surface area contributed by atoms with E-state index in [0.717, 1.165) is 27.4 Å². The molecule has 162 valence electrons. The Balaban J connectivity index is 1.71. The van der Waals surface area contributed by atoms with Crippen molar-refractivity contribution in [2.45, 2.75) is 40.0 Å². The maximum absolute atomic E-state index is 13.4. The van der Waals surface area contributed by atoms with Crippen LogP contribution in [0.2, 0.25) is 0 Å². The van der Waals surface area contributed by atoms with E-state index in [1.54, 1.807) is 6.92 Å².